The molecular formula is C12H10BClFN2O5S-. The smallest absolute Gasteiger partial charge is 0.494 e. The predicted octanol–water partition coefficient (Wildman–Crippen LogP) is 0.495. The Morgan fingerprint density at radius 3 is 2.61 bits per heavy atom. The molecule has 0 saturated carbocycles. The van der Waals surface area contributed by atoms with Gasteiger partial charge in [0.1, 0.15) is 0 Å². The van der Waals surface area contributed by atoms with Crippen LogP contribution in [0.15, 0.2) is 30.3 Å². The minimum absolute atomic E-state index is 0.0201. The normalized spacial score (nSPS) is 11.9. The van der Waals surface area contributed by atoms with Crippen LogP contribution in [-0.2, 0) is 11.3 Å². The van der Waals surface area contributed by atoms with Gasteiger partial charge in [-0.05, 0) is 18.2 Å². The number of aromatic nitrogens is 1. The molecule has 2 N–H and O–H groups in total. The molecule has 2 rings (SSSR count). The van der Waals surface area contributed by atoms with Crippen molar-refractivity contribution in [3.8, 4) is 5.88 Å². The van der Waals surface area contributed by atoms with E-state index in [2.05, 4.69) is 4.98 Å². The van der Waals surface area contributed by atoms with Crippen molar-refractivity contribution in [2.75, 3.05) is 11.4 Å². The van der Waals surface area contributed by atoms with Gasteiger partial charge in [0.05, 0.1) is 29.1 Å². The van der Waals surface area contributed by atoms with E-state index in [1.165, 1.54) is 25.3 Å². The summed E-state index contributed by atoms with van der Waals surface area (Å²) in [6.07, 6.45) is 0. The van der Waals surface area contributed by atoms with E-state index >= 15 is 0 Å². The number of halogens is 2. The van der Waals surface area contributed by atoms with Gasteiger partial charge in [-0.2, -0.15) is 4.98 Å². The molecule has 1 atom stereocenters. The molecule has 1 unspecified atom stereocenters. The Morgan fingerprint density at radius 2 is 2.09 bits per heavy atom. The third-order valence-corrected chi connectivity index (χ3v) is 3.82. The number of ether oxygens (including phenoxy) is 1. The van der Waals surface area contributed by atoms with Gasteiger partial charge in [0.2, 0.25) is 5.88 Å². The monoisotopic (exact) mass is 359 g/mol. The summed E-state index contributed by atoms with van der Waals surface area (Å²) in [4.78, 5) is 3.71. The number of nitrogens with zero attached hydrogens (tertiary/aromatic N) is 2. The van der Waals surface area contributed by atoms with Crippen LogP contribution < -0.4 is 14.5 Å². The van der Waals surface area contributed by atoms with Gasteiger partial charge in [-0.1, -0.05) is 23.7 Å². The third-order valence-electron chi connectivity index (χ3n) is 2.83. The molecule has 0 aliphatic carbocycles. The second kappa shape index (κ2) is 7.24. The minimum Gasteiger partial charge on any atom is -0.755 e. The van der Waals surface area contributed by atoms with Gasteiger partial charge in [-0.25, -0.2) is 4.39 Å². The summed E-state index contributed by atoms with van der Waals surface area (Å²) in [5.74, 6) is -2.05. The summed E-state index contributed by atoms with van der Waals surface area (Å²) >= 11 is 3.01. The van der Waals surface area contributed by atoms with Crippen molar-refractivity contribution >= 4 is 47.0 Å². The number of rotatable bonds is 5. The first kappa shape index (κ1) is 17.6. The Kier molecular flexibility index (Phi) is 5.55. The van der Waals surface area contributed by atoms with Crippen molar-refractivity contribution in [1.82, 2.24) is 4.98 Å². The maximum Gasteiger partial charge on any atom is 0.494 e. The first-order valence-electron chi connectivity index (χ1n) is 6.11. The summed E-state index contributed by atoms with van der Waals surface area (Å²) in [6.45, 7) is 0. The molecular weight excluding hydrogens is 349 g/mol. The maximum atomic E-state index is 14.3. The molecule has 1 aromatic carbocycles. The zero-order valence-electron chi connectivity index (χ0n) is 11.6. The average molecular weight is 360 g/mol. The van der Waals surface area contributed by atoms with E-state index in [0.717, 1.165) is 6.07 Å². The molecule has 1 heterocycles. The third kappa shape index (κ3) is 3.62. The van der Waals surface area contributed by atoms with E-state index in [4.69, 9.17) is 16.3 Å². The largest absolute Gasteiger partial charge is 0.755 e. The van der Waals surface area contributed by atoms with Crippen LogP contribution >= 0.6 is 11.6 Å². The predicted molar refractivity (Wildman–Crippen MR) is 83.1 cm³/mol. The second-order valence-electron chi connectivity index (χ2n) is 4.23. The Balaban J connectivity index is 2.66. The highest BCUT2D eigenvalue weighted by atomic mass is 35.5. The Bertz CT molecular complexity index is 751. The van der Waals surface area contributed by atoms with Crippen molar-refractivity contribution in [2.45, 2.75) is 0 Å². The Morgan fingerprint density at radius 1 is 1.43 bits per heavy atom. The molecule has 0 aliphatic rings. The topological polar surface area (TPSA) is 106 Å². The molecule has 11 heteroatoms. The van der Waals surface area contributed by atoms with Gasteiger partial charge in [0, 0.05) is 5.46 Å². The SMILES string of the molecule is COc1nc(N(c2ccccc2Cl)S(=O)[O-])c(F)cc1B(O)O. The first-order chi connectivity index (χ1) is 10.9. The lowest BCUT2D eigenvalue weighted by molar-refractivity contribution is 0.389. The number of pyridine rings is 1. The molecule has 0 fully saturated rings. The molecule has 0 spiro atoms. The summed E-state index contributed by atoms with van der Waals surface area (Å²) in [5, 5.41) is 18.4. The number of hydrogen-bond acceptors (Lipinski definition) is 6. The van der Waals surface area contributed by atoms with E-state index in [1.54, 1.807) is 6.07 Å². The fourth-order valence-corrected chi connectivity index (χ4v) is 2.71. The number of para-hydroxylation sites is 1. The minimum atomic E-state index is -2.94. The highest BCUT2D eigenvalue weighted by molar-refractivity contribution is 7.81. The molecule has 0 amide bonds. The van der Waals surface area contributed by atoms with Crippen LogP contribution in [0.1, 0.15) is 0 Å². The van der Waals surface area contributed by atoms with Crippen LogP contribution in [0.4, 0.5) is 15.9 Å². The summed E-state index contributed by atoms with van der Waals surface area (Å²) in [7, 11) is -0.864. The molecule has 2 aromatic rings. The van der Waals surface area contributed by atoms with Crippen LogP contribution in [0.2, 0.25) is 5.02 Å². The van der Waals surface area contributed by atoms with Crippen LogP contribution in [0.3, 0.4) is 0 Å². The quantitative estimate of drug-likeness (QED) is 0.595. The second-order valence-corrected chi connectivity index (χ2v) is 5.44. The highest BCUT2D eigenvalue weighted by Gasteiger charge is 2.26. The molecule has 0 aliphatic heterocycles. The first-order valence-corrected chi connectivity index (χ1v) is 7.52. The van der Waals surface area contributed by atoms with Crippen molar-refractivity contribution in [3.05, 3.63) is 41.2 Å². The zero-order chi connectivity index (χ0) is 17.1. The Labute approximate surface area is 138 Å². The van der Waals surface area contributed by atoms with E-state index in [1.807, 2.05) is 0 Å². The summed E-state index contributed by atoms with van der Waals surface area (Å²) < 4.78 is 42.7. The lowest BCUT2D eigenvalue weighted by Gasteiger charge is -2.27. The highest BCUT2D eigenvalue weighted by Crippen LogP contribution is 2.33. The zero-order valence-corrected chi connectivity index (χ0v) is 13.2. The average Bonchev–Trinajstić information content (AvgIpc) is 2.50. The van der Waals surface area contributed by atoms with Crippen LogP contribution in [0.5, 0.6) is 5.88 Å². The lowest BCUT2D eigenvalue weighted by Crippen LogP contribution is -2.33. The van der Waals surface area contributed by atoms with Crippen molar-refractivity contribution in [3.63, 3.8) is 0 Å². The van der Waals surface area contributed by atoms with E-state index < -0.39 is 30.0 Å². The molecule has 1 aromatic heterocycles. The van der Waals surface area contributed by atoms with Crippen LogP contribution in [-0.4, -0.2) is 38.0 Å². The van der Waals surface area contributed by atoms with Gasteiger partial charge in [0.15, 0.2) is 11.6 Å². The van der Waals surface area contributed by atoms with Gasteiger partial charge < -0.3 is 19.3 Å². The van der Waals surface area contributed by atoms with Crippen LogP contribution in [0.25, 0.3) is 0 Å². The number of anilines is 2. The van der Waals surface area contributed by atoms with Gasteiger partial charge in [-0.3, -0.25) is 8.51 Å². The molecule has 0 radical (unpaired) electrons. The van der Waals surface area contributed by atoms with Crippen molar-refractivity contribution in [1.29, 1.82) is 0 Å². The van der Waals surface area contributed by atoms with Crippen molar-refractivity contribution in [2.24, 2.45) is 0 Å². The lowest BCUT2D eigenvalue weighted by atomic mass is 9.81. The number of hydrogen-bond donors (Lipinski definition) is 2. The van der Waals surface area contributed by atoms with E-state index in [9.17, 15) is 23.2 Å². The molecule has 122 valence electrons. The Hall–Kier alpha value is -1.72. The molecule has 7 nitrogen and oxygen atoms in total. The molecule has 0 saturated heterocycles. The van der Waals surface area contributed by atoms with Gasteiger partial charge >= 0.3 is 7.12 Å². The van der Waals surface area contributed by atoms with Crippen molar-refractivity contribution < 1.29 is 27.9 Å². The van der Waals surface area contributed by atoms with Gasteiger partial charge in [-0.15, -0.1) is 0 Å². The van der Waals surface area contributed by atoms with E-state index in [-0.39, 0.29) is 22.1 Å². The fourth-order valence-electron chi connectivity index (χ4n) is 1.85. The standard InChI is InChI=1S/C12H11BClFN2O5S/c1-22-12-7(13(18)19)6-9(15)11(16-12)17(23(20)21)10-5-3-2-4-8(10)14/h2-6,18-19H,1H3,(H,20,21)/p-1. The van der Waals surface area contributed by atoms with E-state index in [0.29, 0.717) is 4.31 Å². The fraction of sp³-hybridized carbons (Fsp3) is 0.0833. The van der Waals surface area contributed by atoms with Gasteiger partial charge in [0.25, 0.3) is 0 Å². The molecule has 23 heavy (non-hydrogen) atoms. The summed E-state index contributed by atoms with van der Waals surface area (Å²) in [5.41, 5.74) is -0.363. The van der Waals surface area contributed by atoms with Crippen LogP contribution in [0, 0.1) is 5.82 Å². The summed E-state index contributed by atoms with van der Waals surface area (Å²) in [6, 6.07) is 6.61. The number of benzene rings is 1. The number of methoxy groups -OCH3 is 1. The maximum absolute atomic E-state index is 14.3. The molecule has 0 bridgehead atoms.